The second-order valence-electron chi connectivity index (χ2n) is 4.07. The van der Waals surface area contributed by atoms with E-state index in [1.807, 2.05) is 24.3 Å². The summed E-state index contributed by atoms with van der Waals surface area (Å²) in [6.07, 6.45) is 1.28. The van der Waals surface area contributed by atoms with Gasteiger partial charge in [-0.3, -0.25) is 0 Å². The van der Waals surface area contributed by atoms with Gasteiger partial charge in [-0.05, 0) is 29.8 Å². The van der Waals surface area contributed by atoms with E-state index in [1.54, 1.807) is 6.07 Å². The number of halogens is 2. The minimum Gasteiger partial charge on any atom is -0.349 e. The van der Waals surface area contributed by atoms with Crippen molar-refractivity contribution in [3.05, 3.63) is 59.0 Å². The van der Waals surface area contributed by atoms with Gasteiger partial charge in [-0.1, -0.05) is 23.7 Å². The van der Waals surface area contributed by atoms with Gasteiger partial charge in [0.25, 0.3) is 0 Å². The van der Waals surface area contributed by atoms with Crippen molar-refractivity contribution < 1.29 is 4.39 Å². The number of benzene rings is 1. The molecule has 4 nitrogen and oxygen atoms in total. The van der Waals surface area contributed by atoms with Crippen molar-refractivity contribution in [1.29, 1.82) is 0 Å². The number of aromatic nitrogens is 3. The Morgan fingerprint density at radius 3 is 3.00 bits per heavy atom. The van der Waals surface area contributed by atoms with Crippen LogP contribution in [0.3, 0.4) is 0 Å². The molecule has 0 spiro atoms. The zero-order chi connectivity index (χ0) is 13.2. The molecule has 0 aliphatic rings. The molecule has 0 saturated carbocycles. The van der Waals surface area contributed by atoms with E-state index in [1.165, 1.54) is 16.8 Å². The average molecular weight is 277 g/mol. The predicted octanol–water partition coefficient (Wildman–Crippen LogP) is 3.13. The Morgan fingerprint density at radius 1 is 1.26 bits per heavy atom. The van der Waals surface area contributed by atoms with Gasteiger partial charge >= 0.3 is 0 Å². The van der Waals surface area contributed by atoms with Crippen LogP contribution in [0, 0.1) is 5.82 Å². The number of nitrogens with one attached hydrogen (secondary N) is 1. The van der Waals surface area contributed by atoms with E-state index in [2.05, 4.69) is 15.4 Å². The Balaban J connectivity index is 1.78. The van der Waals surface area contributed by atoms with Crippen LogP contribution in [0.5, 0.6) is 0 Å². The lowest BCUT2D eigenvalue weighted by Crippen LogP contribution is -2.01. The minimum absolute atomic E-state index is 0.348. The second-order valence-corrected chi connectivity index (χ2v) is 4.51. The first-order chi connectivity index (χ1) is 9.20. The zero-order valence-corrected chi connectivity index (χ0v) is 10.6. The fourth-order valence-corrected chi connectivity index (χ4v) is 1.97. The molecule has 19 heavy (non-hydrogen) atoms. The zero-order valence-electron chi connectivity index (χ0n) is 9.85. The number of pyridine rings is 1. The summed E-state index contributed by atoms with van der Waals surface area (Å²) in [6.45, 7) is 0.555. The van der Waals surface area contributed by atoms with Gasteiger partial charge < -0.3 is 5.32 Å². The van der Waals surface area contributed by atoms with Crippen molar-refractivity contribution in [3.63, 3.8) is 0 Å². The molecule has 0 atom stereocenters. The second kappa shape index (κ2) is 4.85. The lowest BCUT2D eigenvalue weighted by molar-refractivity contribution is 0.615. The number of anilines is 1. The lowest BCUT2D eigenvalue weighted by atomic mass is 10.2. The van der Waals surface area contributed by atoms with Crippen LogP contribution in [0.4, 0.5) is 10.3 Å². The number of nitrogens with zero attached hydrogens (tertiary/aromatic N) is 3. The highest BCUT2D eigenvalue weighted by molar-refractivity contribution is 6.30. The summed E-state index contributed by atoms with van der Waals surface area (Å²) >= 11 is 5.90. The fraction of sp³-hybridized carbons (Fsp3) is 0.0769. The Kier molecular flexibility index (Phi) is 3.05. The summed E-state index contributed by atoms with van der Waals surface area (Å²) in [5.74, 6) is 0.101. The quantitative estimate of drug-likeness (QED) is 0.799. The maximum Gasteiger partial charge on any atom is 0.243 e. The van der Waals surface area contributed by atoms with Crippen molar-refractivity contribution in [1.82, 2.24) is 14.6 Å². The van der Waals surface area contributed by atoms with Crippen LogP contribution in [0.2, 0.25) is 5.02 Å². The SMILES string of the molecule is Fc1ccc2nc(NCc3cccc(Cl)c3)nn2c1. The van der Waals surface area contributed by atoms with Gasteiger partial charge in [0.2, 0.25) is 5.95 Å². The van der Waals surface area contributed by atoms with Gasteiger partial charge in [-0.2, -0.15) is 4.98 Å². The maximum absolute atomic E-state index is 13.0. The van der Waals surface area contributed by atoms with E-state index in [0.29, 0.717) is 23.2 Å². The molecule has 0 amide bonds. The molecular weight excluding hydrogens is 267 g/mol. The number of hydrogen-bond acceptors (Lipinski definition) is 3. The van der Waals surface area contributed by atoms with Gasteiger partial charge in [0.15, 0.2) is 5.65 Å². The van der Waals surface area contributed by atoms with Crippen molar-refractivity contribution in [2.75, 3.05) is 5.32 Å². The molecular formula is C13H10ClFN4. The van der Waals surface area contributed by atoms with Gasteiger partial charge in [0.1, 0.15) is 5.82 Å². The Labute approximate surface area is 113 Å². The molecule has 0 unspecified atom stereocenters. The molecule has 0 saturated heterocycles. The number of hydrogen-bond donors (Lipinski definition) is 1. The van der Waals surface area contributed by atoms with E-state index >= 15 is 0 Å². The molecule has 3 rings (SSSR count). The minimum atomic E-state index is -0.348. The standard InChI is InChI=1S/C13H10ClFN4/c14-10-3-1-2-9(6-10)7-16-13-17-12-5-4-11(15)8-19(12)18-13/h1-6,8H,7H2,(H,16,18). The Hall–Kier alpha value is -2.14. The molecule has 0 aliphatic heterocycles. The van der Waals surface area contributed by atoms with Crippen LogP contribution in [0.15, 0.2) is 42.6 Å². The van der Waals surface area contributed by atoms with E-state index in [4.69, 9.17) is 11.6 Å². The smallest absolute Gasteiger partial charge is 0.243 e. The van der Waals surface area contributed by atoms with E-state index in [-0.39, 0.29) is 5.82 Å². The van der Waals surface area contributed by atoms with Crippen molar-refractivity contribution >= 4 is 23.2 Å². The van der Waals surface area contributed by atoms with E-state index in [9.17, 15) is 4.39 Å². The first-order valence-electron chi connectivity index (χ1n) is 5.71. The highest BCUT2D eigenvalue weighted by Crippen LogP contribution is 2.12. The molecule has 3 aromatic rings. The first kappa shape index (κ1) is 11.9. The fourth-order valence-electron chi connectivity index (χ4n) is 1.76. The number of rotatable bonds is 3. The molecule has 0 radical (unpaired) electrons. The molecule has 96 valence electrons. The topological polar surface area (TPSA) is 42.2 Å². The summed E-state index contributed by atoms with van der Waals surface area (Å²) in [5, 5.41) is 7.89. The van der Waals surface area contributed by atoms with Crippen LogP contribution >= 0.6 is 11.6 Å². The molecule has 0 fully saturated rings. The predicted molar refractivity (Wildman–Crippen MR) is 71.7 cm³/mol. The van der Waals surface area contributed by atoms with Crippen LogP contribution in [-0.4, -0.2) is 14.6 Å². The van der Waals surface area contributed by atoms with Crippen LogP contribution in [-0.2, 0) is 6.54 Å². The highest BCUT2D eigenvalue weighted by atomic mass is 35.5. The van der Waals surface area contributed by atoms with Crippen LogP contribution in [0.25, 0.3) is 5.65 Å². The monoisotopic (exact) mass is 276 g/mol. The molecule has 2 aromatic heterocycles. The van der Waals surface area contributed by atoms with Gasteiger partial charge in [0.05, 0.1) is 6.20 Å². The highest BCUT2D eigenvalue weighted by Gasteiger charge is 2.04. The first-order valence-corrected chi connectivity index (χ1v) is 6.09. The third-order valence-corrected chi connectivity index (χ3v) is 2.87. The van der Waals surface area contributed by atoms with E-state index in [0.717, 1.165) is 5.56 Å². The molecule has 1 aromatic carbocycles. The average Bonchev–Trinajstić information content (AvgIpc) is 2.78. The van der Waals surface area contributed by atoms with Gasteiger partial charge in [-0.25, -0.2) is 8.91 Å². The summed E-state index contributed by atoms with van der Waals surface area (Å²) in [6, 6.07) is 10.4. The molecule has 2 heterocycles. The number of fused-ring (bicyclic) bond motifs is 1. The van der Waals surface area contributed by atoms with Gasteiger partial charge in [0, 0.05) is 11.6 Å². The van der Waals surface area contributed by atoms with Crippen molar-refractivity contribution in [2.24, 2.45) is 0 Å². The summed E-state index contributed by atoms with van der Waals surface area (Å²) in [4.78, 5) is 4.23. The Bertz CT molecular complexity index is 725. The molecule has 6 heteroatoms. The molecule has 0 bridgehead atoms. The van der Waals surface area contributed by atoms with Crippen LogP contribution < -0.4 is 5.32 Å². The maximum atomic E-state index is 13.0. The third-order valence-electron chi connectivity index (χ3n) is 2.63. The van der Waals surface area contributed by atoms with Crippen molar-refractivity contribution in [2.45, 2.75) is 6.54 Å². The molecule has 1 N–H and O–H groups in total. The van der Waals surface area contributed by atoms with Crippen LogP contribution in [0.1, 0.15) is 5.56 Å². The lowest BCUT2D eigenvalue weighted by Gasteiger charge is -2.01. The summed E-state index contributed by atoms with van der Waals surface area (Å²) in [5.41, 5.74) is 1.62. The molecule has 0 aliphatic carbocycles. The summed E-state index contributed by atoms with van der Waals surface area (Å²) in [7, 11) is 0. The Morgan fingerprint density at radius 2 is 2.16 bits per heavy atom. The largest absolute Gasteiger partial charge is 0.349 e. The van der Waals surface area contributed by atoms with Gasteiger partial charge in [-0.15, -0.1) is 5.10 Å². The third kappa shape index (κ3) is 2.66. The van der Waals surface area contributed by atoms with E-state index < -0.39 is 0 Å². The summed E-state index contributed by atoms with van der Waals surface area (Å²) < 4.78 is 14.4. The normalized spacial score (nSPS) is 10.8. The van der Waals surface area contributed by atoms with Crippen molar-refractivity contribution in [3.8, 4) is 0 Å².